The lowest BCUT2D eigenvalue weighted by Crippen LogP contribution is -2.54. The molecule has 0 aliphatic heterocycles. The molecular weight excluding hydrogens is 613 g/mol. The number of pyridine rings is 1. The fraction of sp³-hybridized carbons (Fsp3) is 0.333. The second kappa shape index (κ2) is 13.4. The molecule has 2 aromatic carbocycles. The molecule has 0 aliphatic rings. The van der Waals surface area contributed by atoms with Crippen molar-refractivity contribution in [2.45, 2.75) is 71.2 Å². The quantitative estimate of drug-likeness (QED) is 0.219. The van der Waals surface area contributed by atoms with Crippen LogP contribution in [0.1, 0.15) is 52.8 Å². The lowest BCUT2D eigenvalue weighted by molar-refractivity contribution is -0.141. The van der Waals surface area contributed by atoms with E-state index in [-0.39, 0.29) is 29.5 Å². The Bertz CT molecular complexity index is 1760. The summed E-state index contributed by atoms with van der Waals surface area (Å²) < 4.78 is 50.0. The van der Waals surface area contributed by atoms with Crippen LogP contribution in [0.2, 0.25) is 0 Å². The molecule has 0 saturated carbocycles. The van der Waals surface area contributed by atoms with E-state index in [1.54, 1.807) is 101 Å². The van der Waals surface area contributed by atoms with Gasteiger partial charge in [0.25, 0.3) is 0 Å². The van der Waals surface area contributed by atoms with E-state index in [0.717, 1.165) is 22.7 Å². The number of carbonyl (C=O) groups excluding carboxylic acids is 1. The number of nitrogens with zero attached hydrogens (tertiary/aromatic N) is 5. The highest BCUT2D eigenvalue weighted by atomic mass is 32.2. The number of hydrogen-bond acceptors (Lipinski definition) is 7. The molecule has 0 bridgehead atoms. The molecule has 0 saturated heterocycles. The third-order valence-electron chi connectivity index (χ3n) is 6.80. The standard InChI is InChI=1S/C33H38FN5O6S/c1-32(2,3)29(30(40)41)39(31(42)45-33(4,5)6)28-10-7-9-25(36-28)22-37(46(43,44)27-17-13-24(34)14-18-27)21-23-11-15-26(16-12-23)38-20-8-19-35-38/h7-20,29H,21-22H2,1-6H3,(H,40,41). The molecule has 2 aromatic heterocycles. The molecule has 2 heterocycles. The van der Waals surface area contributed by atoms with Crippen LogP contribution in [-0.2, 0) is 32.6 Å². The number of anilines is 1. The maximum absolute atomic E-state index is 13.9. The Labute approximate surface area is 268 Å². The summed E-state index contributed by atoms with van der Waals surface area (Å²) in [6.07, 6.45) is 2.53. The Balaban J connectivity index is 1.75. The van der Waals surface area contributed by atoms with Crippen molar-refractivity contribution in [2.24, 2.45) is 5.41 Å². The molecular formula is C33H38FN5O6S. The number of amides is 1. The van der Waals surface area contributed by atoms with E-state index < -0.39 is 45.0 Å². The van der Waals surface area contributed by atoms with Crippen LogP contribution in [0.25, 0.3) is 5.69 Å². The van der Waals surface area contributed by atoms with Gasteiger partial charge in [-0.3, -0.25) is 0 Å². The molecule has 4 aromatic rings. The summed E-state index contributed by atoms with van der Waals surface area (Å²) in [7, 11) is -4.18. The first-order chi connectivity index (χ1) is 21.5. The van der Waals surface area contributed by atoms with Gasteiger partial charge in [-0.05, 0) is 86.3 Å². The predicted molar refractivity (Wildman–Crippen MR) is 170 cm³/mol. The highest BCUT2D eigenvalue weighted by Crippen LogP contribution is 2.31. The molecule has 13 heteroatoms. The van der Waals surface area contributed by atoms with Crippen molar-refractivity contribution in [3.63, 3.8) is 0 Å². The van der Waals surface area contributed by atoms with E-state index in [2.05, 4.69) is 10.1 Å². The zero-order valence-corrected chi connectivity index (χ0v) is 27.4. The molecule has 0 aliphatic carbocycles. The molecule has 11 nitrogen and oxygen atoms in total. The van der Waals surface area contributed by atoms with Crippen LogP contribution in [0.3, 0.4) is 0 Å². The molecule has 46 heavy (non-hydrogen) atoms. The number of hydrogen-bond donors (Lipinski definition) is 1. The zero-order chi connectivity index (χ0) is 33.9. The van der Waals surface area contributed by atoms with Gasteiger partial charge in [0.05, 0.1) is 22.8 Å². The van der Waals surface area contributed by atoms with Crippen LogP contribution in [0.15, 0.2) is 90.1 Å². The number of aliphatic carboxylic acids is 1. The Morgan fingerprint density at radius 3 is 2.13 bits per heavy atom. The van der Waals surface area contributed by atoms with Crippen molar-refractivity contribution >= 4 is 27.9 Å². The molecule has 1 atom stereocenters. The SMILES string of the molecule is CC(C)(C)OC(=O)N(c1cccc(CN(Cc2ccc(-n3cccn3)cc2)S(=O)(=O)c2ccc(F)cc2)n1)C(C(=O)O)C(C)(C)C. The van der Waals surface area contributed by atoms with Crippen LogP contribution in [0, 0.1) is 11.2 Å². The third-order valence-corrected chi connectivity index (χ3v) is 8.60. The Hall–Kier alpha value is -4.62. The number of carbonyl (C=O) groups is 2. The minimum absolute atomic E-state index is 0.0169. The fourth-order valence-electron chi connectivity index (χ4n) is 4.74. The van der Waals surface area contributed by atoms with Gasteiger partial charge in [-0.25, -0.2) is 37.0 Å². The number of benzene rings is 2. The van der Waals surface area contributed by atoms with Gasteiger partial charge in [0.1, 0.15) is 23.3 Å². The summed E-state index contributed by atoms with van der Waals surface area (Å²) in [6.45, 7) is 9.73. The zero-order valence-electron chi connectivity index (χ0n) is 26.6. The summed E-state index contributed by atoms with van der Waals surface area (Å²) in [6, 6.07) is 16.7. The van der Waals surface area contributed by atoms with Gasteiger partial charge >= 0.3 is 12.1 Å². The molecule has 1 N–H and O–H groups in total. The molecule has 0 fully saturated rings. The monoisotopic (exact) mass is 651 g/mol. The van der Waals surface area contributed by atoms with E-state index in [0.29, 0.717) is 5.56 Å². The maximum atomic E-state index is 13.9. The molecule has 0 spiro atoms. The van der Waals surface area contributed by atoms with E-state index >= 15 is 0 Å². The van der Waals surface area contributed by atoms with Crippen molar-refractivity contribution in [3.8, 4) is 5.69 Å². The van der Waals surface area contributed by atoms with Crippen LogP contribution in [-0.4, -0.2) is 56.3 Å². The smallest absolute Gasteiger partial charge is 0.416 e. The normalized spacial score (nSPS) is 13.0. The number of carboxylic acids is 1. The molecule has 244 valence electrons. The molecule has 4 rings (SSSR count). The third kappa shape index (κ3) is 8.34. The van der Waals surface area contributed by atoms with E-state index in [1.807, 2.05) is 0 Å². The molecule has 1 amide bonds. The van der Waals surface area contributed by atoms with Gasteiger partial charge in [0, 0.05) is 18.9 Å². The summed E-state index contributed by atoms with van der Waals surface area (Å²) in [4.78, 5) is 31.4. The Kier molecular flexibility index (Phi) is 9.97. The van der Waals surface area contributed by atoms with Crippen LogP contribution < -0.4 is 4.90 Å². The van der Waals surface area contributed by atoms with E-state index in [4.69, 9.17) is 4.74 Å². The first kappa shape index (κ1) is 34.3. The first-order valence-electron chi connectivity index (χ1n) is 14.5. The van der Waals surface area contributed by atoms with E-state index in [9.17, 15) is 27.5 Å². The summed E-state index contributed by atoms with van der Waals surface area (Å²) in [5.74, 6) is -1.86. The second-order valence-electron chi connectivity index (χ2n) is 12.8. The Morgan fingerprint density at radius 2 is 1.59 bits per heavy atom. The fourth-order valence-corrected chi connectivity index (χ4v) is 6.14. The number of ether oxygens (including phenoxy) is 1. The number of rotatable bonds is 10. The molecule has 1 unspecified atom stereocenters. The average molecular weight is 652 g/mol. The van der Waals surface area contributed by atoms with Gasteiger partial charge < -0.3 is 9.84 Å². The van der Waals surface area contributed by atoms with Crippen LogP contribution in [0.5, 0.6) is 0 Å². The van der Waals surface area contributed by atoms with Gasteiger partial charge in [-0.15, -0.1) is 0 Å². The van der Waals surface area contributed by atoms with Crippen LogP contribution >= 0.6 is 0 Å². The Morgan fingerprint density at radius 1 is 0.935 bits per heavy atom. The number of aromatic nitrogens is 3. The predicted octanol–water partition coefficient (Wildman–Crippen LogP) is 6.04. The average Bonchev–Trinajstić information content (AvgIpc) is 3.50. The van der Waals surface area contributed by atoms with Crippen molar-refractivity contribution in [1.82, 2.24) is 19.1 Å². The van der Waals surface area contributed by atoms with Crippen molar-refractivity contribution < 1.29 is 32.2 Å². The minimum Gasteiger partial charge on any atom is -0.480 e. The number of sulfonamides is 1. The largest absolute Gasteiger partial charge is 0.480 e. The highest BCUT2D eigenvalue weighted by Gasteiger charge is 2.42. The van der Waals surface area contributed by atoms with Gasteiger partial charge in [0.15, 0.2) is 0 Å². The lowest BCUT2D eigenvalue weighted by atomic mass is 9.85. The van der Waals surface area contributed by atoms with Gasteiger partial charge in [-0.1, -0.05) is 39.0 Å². The topological polar surface area (TPSA) is 135 Å². The maximum Gasteiger partial charge on any atom is 0.416 e. The van der Waals surface area contributed by atoms with Gasteiger partial charge in [-0.2, -0.15) is 9.40 Å². The lowest BCUT2D eigenvalue weighted by Gasteiger charge is -2.37. The highest BCUT2D eigenvalue weighted by molar-refractivity contribution is 7.89. The first-order valence-corrected chi connectivity index (χ1v) is 16.0. The van der Waals surface area contributed by atoms with Crippen molar-refractivity contribution in [3.05, 3.63) is 102 Å². The number of halogens is 1. The van der Waals surface area contributed by atoms with Gasteiger partial charge in [0.2, 0.25) is 10.0 Å². The summed E-state index contributed by atoms with van der Waals surface area (Å²) in [5.41, 5.74) is -0.179. The summed E-state index contributed by atoms with van der Waals surface area (Å²) >= 11 is 0. The number of carboxylic acid groups (broad SMARTS) is 1. The molecule has 0 radical (unpaired) electrons. The van der Waals surface area contributed by atoms with Crippen LogP contribution in [0.4, 0.5) is 15.0 Å². The minimum atomic E-state index is -4.18. The van der Waals surface area contributed by atoms with Crippen molar-refractivity contribution in [2.75, 3.05) is 4.90 Å². The van der Waals surface area contributed by atoms with Crippen molar-refractivity contribution in [1.29, 1.82) is 0 Å². The second-order valence-corrected chi connectivity index (χ2v) is 14.7. The summed E-state index contributed by atoms with van der Waals surface area (Å²) in [5, 5.41) is 14.4. The van der Waals surface area contributed by atoms with E-state index in [1.165, 1.54) is 22.5 Å².